The number of rotatable bonds is 6. The largest absolute Gasteiger partial charge is 0.497 e. The first-order valence-electron chi connectivity index (χ1n) is 7.29. The number of nitrogens with zero attached hydrogens (tertiary/aromatic N) is 3. The van der Waals surface area contributed by atoms with Crippen LogP contribution < -0.4 is 9.47 Å². The summed E-state index contributed by atoms with van der Waals surface area (Å²) in [6.45, 7) is 4.35. The monoisotopic (exact) mass is 314 g/mol. The van der Waals surface area contributed by atoms with Gasteiger partial charge in [0.05, 0.1) is 7.11 Å². The Kier molecular flexibility index (Phi) is 4.27. The third-order valence-corrected chi connectivity index (χ3v) is 3.30. The van der Waals surface area contributed by atoms with E-state index < -0.39 is 0 Å². The number of H-pyrrole nitrogens is 1. The van der Waals surface area contributed by atoms with Crippen molar-refractivity contribution >= 4 is 0 Å². The van der Waals surface area contributed by atoms with Crippen LogP contribution in [0.2, 0.25) is 0 Å². The lowest BCUT2D eigenvalue weighted by Crippen LogP contribution is -1.97. The fourth-order valence-electron chi connectivity index (χ4n) is 2.12. The molecule has 0 atom stereocenters. The lowest BCUT2D eigenvalue weighted by atomic mass is 10.1. The minimum Gasteiger partial charge on any atom is -0.497 e. The van der Waals surface area contributed by atoms with Gasteiger partial charge in [0.1, 0.15) is 23.9 Å². The number of aromatic nitrogens is 4. The molecule has 0 spiro atoms. The zero-order chi connectivity index (χ0) is 16.2. The Morgan fingerprint density at radius 2 is 1.91 bits per heavy atom. The molecule has 120 valence electrons. The van der Waals surface area contributed by atoms with E-state index in [0.29, 0.717) is 17.3 Å². The summed E-state index contributed by atoms with van der Waals surface area (Å²) in [5, 5.41) is 7.04. The van der Waals surface area contributed by atoms with E-state index in [1.54, 1.807) is 7.11 Å². The second kappa shape index (κ2) is 6.51. The van der Waals surface area contributed by atoms with Gasteiger partial charge >= 0.3 is 0 Å². The Balaban J connectivity index is 1.68. The van der Waals surface area contributed by atoms with Crippen LogP contribution in [0.25, 0.3) is 11.5 Å². The Bertz CT molecular complexity index is 762. The van der Waals surface area contributed by atoms with E-state index in [4.69, 9.17) is 13.9 Å². The van der Waals surface area contributed by atoms with Gasteiger partial charge in [-0.2, -0.15) is 5.10 Å². The van der Waals surface area contributed by atoms with Crippen LogP contribution in [0.15, 0.2) is 35.1 Å². The van der Waals surface area contributed by atoms with E-state index in [1.807, 2.05) is 38.1 Å². The highest BCUT2D eigenvalue weighted by Crippen LogP contribution is 2.25. The molecule has 0 saturated heterocycles. The predicted octanol–water partition coefficient (Wildman–Crippen LogP) is 3.17. The zero-order valence-electron chi connectivity index (χ0n) is 13.2. The van der Waals surface area contributed by atoms with E-state index in [0.717, 1.165) is 17.3 Å². The maximum absolute atomic E-state index is 5.67. The fraction of sp³-hybridized carbons (Fsp3) is 0.312. The molecular weight excluding hydrogens is 296 g/mol. The fourth-order valence-corrected chi connectivity index (χ4v) is 2.12. The molecule has 0 radical (unpaired) electrons. The van der Waals surface area contributed by atoms with Crippen LogP contribution >= 0.6 is 0 Å². The number of methoxy groups -OCH3 is 1. The molecule has 2 aromatic heterocycles. The van der Waals surface area contributed by atoms with E-state index in [-0.39, 0.29) is 12.5 Å². The lowest BCUT2D eigenvalue weighted by Gasteiger charge is -2.04. The van der Waals surface area contributed by atoms with E-state index in [2.05, 4.69) is 20.2 Å². The number of aromatic amines is 1. The van der Waals surface area contributed by atoms with Crippen LogP contribution in [0.1, 0.15) is 31.4 Å². The molecule has 0 unspecified atom stereocenters. The standard InChI is InChI=1S/C16H18N4O3/c1-10(2)15-14(17-9-23-15)16-18-13(19-20-16)8-22-12-6-4-11(21-3)5-7-12/h4-7,9-10H,8H2,1-3H3,(H,18,19,20). The van der Waals surface area contributed by atoms with Crippen molar-refractivity contribution in [3.05, 3.63) is 42.2 Å². The van der Waals surface area contributed by atoms with Crippen molar-refractivity contribution < 1.29 is 13.9 Å². The molecule has 2 heterocycles. The van der Waals surface area contributed by atoms with Gasteiger partial charge in [0.15, 0.2) is 17.9 Å². The molecule has 7 nitrogen and oxygen atoms in total. The molecule has 3 rings (SSSR count). The van der Waals surface area contributed by atoms with Gasteiger partial charge in [0.2, 0.25) is 5.82 Å². The molecule has 0 saturated carbocycles. The third kappa shape index (κ3) is 3.33. The van der Waals surface area contributed by atoms with E-state index in [1.165, 1.54) is 6.39 Å². The topological polar surface area (TPSA) is 86.1 Å². The van der Waals surface area contributed by atoms with E-state index in [9.17, 15) is 0 Å². The van der Waals surface area contributed by atoms with Crippen molar-refractivity contribution in [3.8, 4) is 23.0 Å². The molecule has 0 aliphatic rings. The van der Waals surface area contributed by atoms with Crippen molar-refractivity contribution in [2.75, 3.05) is 7.11 Å². The highest BCUT2D eigenvalue weighted by molar-refractivity contribution is 5.51. The molecule has 0 aliphatic carbocycles. The normalized spacial score (nSPS) is 11.0. The summed E-state index contributed by atoms with van der Waals surface area (Å²) in [6.07, 6.45) is 1.41. The maximum atomic E-state index is 5.67. The number of hydrogen-bond donors (Lipinski definition) is 1. The third-order valence-electron chi connectivity index (χ3n) is 3.30. The van der Waals surface area contributed by atoms with Crippen LogP contribution in [0, 0.1) is 0 Å². The van der Waals surface area contributed by atoms with E-state index >= 15 is 0 Å². The average Bonchev–Trinajstić information content (AvgIpc) is 3.22. The number of nitrogens with one attached hydrogen (secondary N) is 1. The maximum Gasteiger partial charge on any atom is 0.203 e. The first kappa shape index (κ1) is 15.1. The molecule has 0 amide bonds. The van der Waals surface area contributed by atoms with Crippen molar-refractivity contribution in [2.24, 2.45) is 0 Å². The summed E-state index contributed by atoms with van der Waals surface area (Å²) in [7, 11) is 1.63. The van der Waals surface area contributed by atoms with Crippen LogP contribution in [-0.4, -0.2) is 27.3 Å². The Morgan fingerprint density at radius 1 is 1.17 bits per heavy atom. The second-order valence-electron chi connectivity index (χ2n) is 5.29. The first-order chi connectivity index (χ1) is 11.2. The van der Waals surface area contributed by atoms with Crippen LogP contribution in [0.5, 0.6) is 11.5 Å². The summed E-state index contributed by atoms with van der Waals surface area (Å²) < 4.78 is 16.2. The molecule has 0 bridgehead atoms. The molecule has 23 heavy (non-hydrogen) atoms. The van der Waals surface area contributed by atoms with Gasteiger partial charge in [0, 0.05) is 5.92 Å². The van der Waals surface area contributed by atoms with Gasteiger partial charge in [-0.15, -0.1) is 0 Å². The predicted molar refractivity (Wildman–Crippen MR) is 83.3 cm³/mol. The van der Waals surface area contributed by atoms with Crippen LogP contribution in [-0.2, 0) is 6.61 Å². The molecule has 0 aliphatic heterocycles. The number of benzene rings is 1. The molecule has 7 heteroatoms. The molecular formula is C16H18N4O3. The van der Waals surface area contributed by atoms with Gasteiger partial charge in [-0.05, 0) is 24.3 Å². The van der Waals surface area contributed by atoms with Gasteiger partial charge in [-0.25, -0.2) is 9.97 Å². The number of ether oxygens (including phenoxy) is 2. The minimum atomic E-state index is 0.213. The van der Waals surface area contributed by atoms with Crippen LogP contribution in [0.4, 0.5) is 0 Å². The highest BCUT2D eigenvalue weighted by atomic mass is 16.5. The van der Waals surface area contributed by atoms with Crippen molar-refractivity contribution in [1.29, 1.82) is 0 Å². The molecule has 1 aromatic carbocycles. The minimum absolute atomic E-state index is 0.213. The molecule has 0 fully saturated rings. The highest BCUT2D eigenvalue weighted by Gasteiger charge is 2.18. The Morgan fingerprint density at radius 3 is 2.61 bits per heavy atom. The Hall–Kier alpha value is -2.83. The summed E-state index contributed by atoms with van der Waals surface area (Å²) in [6, 6.07) is 7.35. The molecule has 1 N–H and O–H groups in total. The SMILES string of the molecule is COc1ccc(OCc2nc(-c3ncoc3C(C)C)n[nH]2)cc1. The summed E-state index contributed by atoms with van der Waals surface area (Å²) in [5.41, 5.74) is 0.659. The van der Waals surface area contributed by atoms with Gasteiger partial charge < -0.3 is 13.9 Å². The zero-order valence-corrected chi connectivity index (χ0v) is 13.2. The smallest absolute Gasteiger partial charge is 0.203 e. The molecule has 3 aromatic rings. The van der Waals surface area contributed by atoms with Crippen molar-refractivity contribution in [3.63, 3.8) is 0 Å². The first-order valence-corrected chi connectivity index (χ1v) is 7.29. The second-order valence-corrected chi connectivity index (χ2v) is 5.29. The number of oxazole rings is 1. The van der Waals surface area contributed by atoms with Gasteiger partial charge in [-0.1, -0.05) is 13.8 Å². The van der Waals surface area contributed by atoms with Gasteiger partial charge in [-0.3, -0.25) is 5.10 Å². The van der Waals surface area contributed by atoms with Crippen LogP contribution in [0.3, 0.4) is 0 Å². The quantitative estimate of drug-likeness (QED) is 0.752. The summed E-state index contributed by atoms with van der Waals surface area (Å²) >= 11 is 0. The van der Waals surface area contributed by atoms with Gasteiger partial charge in [0.25, 0.3) is 0 Å². The van der Waals surface area contributed by atoms with Crippen molar-refractivity contribution in [1.82, 2.24) is 20.2 Å². The Labute approximate surface area is 133 Å². The van der Waals surface area contributed by atoms with Crippen molar-refractivity contribution in [2.45, 2.75) is 26.4 Å². The average molecular weight is 314 g/mol. The summed E-state index contributed by atoms with van der Waals surface area (Å²) in [5.74, 6) is 3.63. The lowest BCUT2D eigenvalue weighted by molar-refractivity contribution is 0.296. The summed E-state index contributed by atoms with van der Waals surface area (Å²) in [4.78, 5) is 8.60. The number of hydrogen-bond acceptors (Lipinski definition) is 6.